The van der Waals surface area contributed by atoms with E-state index in [9.17, 15) is 0 Å². The average molecular weight is 179 g/mol. The van der Waals surface area contributed by atoms with Gasteiger partial charge in [0.2, 0.25) is 5.69 Å². The largest absolute Gasteiger partial charge is 0.207 e. The molecule has 0 saturated heterocycles. The third-order valence-corrected chi connectivity index (χ3v) is 2.83. The molecule has 1 heterocycles. The lowest BCUT2D eigenvalue weighted by atomic mass is 10.2. The van der Waals surface area contributed by atoms with Gasteiger partial charge in [-0.25, -0.2) is 0 Å². The van der Waals surface area contributed by atoms with E-state index in [0.29, 0.717) is 0 Å². The van der Waals surface area contributed by atoms with Crippen LogP contribution in [0, 0.1) is 20.8 Å². The van der Waals surface area contributed by atoms with Gasteiger partial charge < -0.3 is 0 Å². The Bertz CT molecular complexity index is 307. The van der Waals surface area contributed by atoms with E-state index in [4.69, 9.17) is 0 Å². The van der Waals surface area contributed by atoms with Gasteiger partial charge in [-0.15, -0.1) is 4.68 Å². The first-order valence-corrected chi connectivity index (χ1v) is 4.73. The molecular weight excluding hydrogens is 160 g/mol. The van der Waals surface area contributed by atoms with Crippen molar-refractivity contribution in [3.8, 4) is 0 Å². The first-order valence-electron chi connectivity index (χ1n) is 4.73. The molecule has 2 nitrogen and oxygen atoms in total. The van der Waals surface area contributed by atoms with Crippen LogP contribution in [0.25, 0.3) is 0 Å². The second-order valence-electron chi connectivity index (χ2n) is 3.47. The third kappa shape index (κ3) is 1.67. The minimum absolute atomic E-state index is 0.966. The van der Waals surface area contributed by atoms with Crippen LogP contribution in [0.4, 0.5) is 0 Å². The third-order valence-electron chi connectivity index (χ3n) is 2.83. The standard InChI is InChI=1S/C11H19N2/c1-6-7-8-13-11(4)9(2)10(3)12(13)5/h6-7H,8H2,1-5H3/q+1. The summed E-state index contributed by atoms with van der Waals surface area (Å²) in [5.74, 6) is 0. The van der Waals surface area contributed by atoms with E-state index in [2.05, 4.69) is 56.3 Å². The van der Waals surface area contributed by atoms with Crippen molar-refractivity contribution in [2.75, 3.05) is 0 Å². The van der Waals surface area contributed by atoms with Crippen LogP contribution in [0.2, 0.25) is 0 Å². The number of allylic oxidation sites excluding steroid dienone is 2. The molecule has 2 heteroatoms. The van der Waals surface area contributed by atoms with E-state index in [1.165, 1.54) is 17.0 Å². The molecule has 0 unspecified atom stereocenters. The second-order valence-corrected chi connectivity index (χ2v) is 3.47. The minimum Gasteiger partial charge on any atom is -0.154 e. The van der Waals surface area contributed by atoms with Gasteiger partial charge in [0.25, 0.3) is 0 Å². The summed E-state index contributed by atoms with van der Waals surface area (Å²) in [6.07, 6.45) is 4.26. The molecule has 0 amide bonds. The van der Waals surface area contributed by atoms with E-state index >= 15 is 0 Å². The summed E-state index contributed by atoms with van der Waals surface area (Å²) in [5.41, 5.74) is 4.10. The topological polar surface area (TPSA) is 8.81 Å². The molecule has 0 aromatic carbocycles. The predicted octanol–water partition coefficient (Wildman–Crippen LogP) is 1.81. The van der Waals surface area contributed by atoms with Crippen LogP contribution < -0.4 is 4.68 Å². The van der Waals surface area contributed by atoms with E-state index in [1.54, 1.807) is 0 Å². The van der Waals surface area contributed by atoms with E-state index in [1.807, 2.05) is 0 Å². The van der Waals surface area contributed by atoms with Crippen molar-refractivity contribution in [2.24, 2.45) is 7.05 Å². The molecule has 1 rings (SSSR count). The Labute approximate surface area is 80.5 Å². The fraction of sp³-hybridized carbons (Fsp3) is 0.545. The molecule has 0 aliphatic rings. The Morgan fingerprint density at radius 3 is 2.31 bits per heavy atom. The summed E-state index contributed by atoms with van der Waals surface area (Å²) >= 11 is 0. The van der Waals surface area contributed by atoms with E-state index in [-0.39, 0.29) is 0 Å². The first kappa shape index (κ1) is 10.0. The highest BCUT2D eigenvalue weighted by Gasteiger charge is 2.16. The van der Waals surface area contributed by atoms with Gasteiger partial charge in [-0.1, -0.05) is 12.2 Å². The van der Waals surface area contributed by atoms with Gasteiger partial charge in [0.05, 0.1) is 12.2 Å². The monoisotopic (exact) mass is 179 g/mol. The van der Waals surface area contributed by atoms with Crippen LogP contribution >= 0.6 is 0 Å². The predicted molar refractivity (Wildman–Crippen MR) is 54.6 cm³/mol. The number of aromatic nitrogens is 2. The Morgan fingerprint density at radius 1 is 1.31 bits per heavy atom. The molecule has 13 heavy (non-hydrogen) atoms. The number of hydrogen-bond donors (Lipinski definition) is 0. The zero-order chi connectivity index (χ0) is 10.0. The molecule has 0 N–H and O–H groups in total. The fourth-order valence-electron chi connectivity index (χ4n) is 1.57. The number of hydrogen-bond acceptors (Lipinski definition) is 0. The molecule has 0 aliphatic heterocycles. The average Bonchev–Trinajstić information content (AvgIpc) is 2.30. The highest BCUT2D eigenvalue weighted by Crippen LogP contribution is 2.08. The summed E-state index contributed by atoms with van der Waals surface area (Å²) in [6, 6.07) is 0. The molecule has 72 valence electrons. The van der Waals surface area contributed by atoms with Crippen LogP contribution in [-0.4, -0.2) is 4.68 Å². The summed E-state index contributed by atoms with van der Waals surface area (Å²) in [5, 5.41) is 0. The zero-order valence-electron chi connectivity index (χ0n) is 9.26. The maximum Gasteiger partial charge on any atom is 0.207 e. The van der Waals surface area contributed by atoms with Crippen molar-refractivity contribution >= 4 is 0 Å². The molecule has 0 fully saturated rings. The number of rotatable bonds is 2. The SMILES string of the molecule is CC=CCn1c(C)c(C)c(C)[n+]1C. The maximum absolute atomic E-state index is 2.28. The van der Waals surface area contributed by atoms with Crippen LogP contribution in [0.1, 0.15) is 23.9 Å². The summed E-state index contributed by atoms with van der Waals surface area (Å²) in [7, 11) is 2.11. The van der Waals surface area contributed by atoms with Gasteiger partial charge >= 0.3 is 0 Å². The van der Waals surface area contributed by atoms with Gasteiger partial charge in [-0.05, 0) is 20.8 Å². The van der Waals surface area contributed by atoms with Gasteiger partial charge in [0, 0.05) is 12.5 Å². The van der Waals surface area contributed by atoms with Crippen LogP contribution in [-0.2, 0) is 13.6 Å². The van der Waals surface area contributed by atoms with Gasteiger partial charge in [-0.3, -0.25) is 0 Å². The molecule has 0 aliphatic carbocycles. The quantitative estimate of drug-likeness (QED) is 0.483. The Hall–Kier alpha value is -1.05. The van der Waals surface area contributed by atoms with Crippen LogP contribution in [0.5, 0.6) is 0 Å². The van der Waals surface area contributed by atoms with Crippen molar-refractivity contribution < 1.29 is 4.68 Å². The minimum atomic E-state index is 0.966. The van der Waals surface area contributed by atoms with Crippen LogP contribution in [0.15, 0.2) is 12.2 Å². The maximum atomic E-state index is 2.28. The molecule has 1 aromatic rings. The highest BCUT2D eigenvalue weighted by atomic mass is 15.4. The first-order chi connectivity index (χ1) is 6.09. The lowest BCUT2D eigenvalue weighted by Gasteiger charge is -1.97. The smallest absolute Gasteiger partial charge is 0.154 e. The van der Waals surface area contributed by atoms with Crippen molar-refractivity contribution in [2.45, 2.75) is 34.2 Å². The van der Waals surface area contributed by atoms with E-state index < -0.39 is 0 Å². The molecule has 0 radical (unpaired) electrons. The Balaban J connectivity index is 3.13. The van der Waals surface area contributed by atoms with Crippen LogP contribution in [0.3, 0.4) is 0 Å². The summed E-state index contributed by atoms with van der Waals surface area (Å²) < 4.78 is 4.50. The summed E-state index contributed by atoms with van der Waals surface area (Å²) in [6.45, 7) is 9.53. The lowest BCUT2D eigenvalue weighted by molar-refractivity contribution is -0.758. The summed E-state index contributed by atoms with van der Waals surface area (Å²) in [4.78, 5) is 0. The van der Waals surface area contributed by atoms with Crippen molar-refractivity contribution in [1.82, 2.24) is 4.68 Å². The second kappa shape index (κ2) is 3.77. The molecule has 0 bridgehead atoms. The number of nitrogens with zero attached hydrogens (tertiary/aromatic N) is 2. The Kier molecular flexibility index (Phi) is 2.91. The zero-order valence-corrected chi connectivity index (χ0v) is 9.26. The Morgan fingerprint density at radius 2 is 1.92 bits per heavy atom. The fourth-order valence-corrected chi connectivity index (χ4v) is 1.57. The molecule has 0 saturated carbocycles. The van der Waals surface area contributed by atoms with Crippen molar-refractivity contribution in [3.05, 3.63) is 29.1 Å². The van der Waals surface area contributed by atoms with Gasteiger partial charge in [0.1, 0.15) is 0 Å². The molecule has 1 aromatic heterocycles. The van der Waals surface area contributed by atoms with Gasteiger partial charge in [-0.2, -0.15) is 4.68 Å². The van der Waals surface area contributed by atoms with Crippen molar-refractivity contribution in [3.63, 3.8) is 0 Å². The van der Waals surface area contributed by atoms with Crippen molar-refractivity contribution in [1.29, 1.82) is 0 Å². The highest BCUT2D eigenvalue weighted by molar-refractivity contribution is 5.18. The molecule has 0 spiro atoms. The normalized spacial score (nSPS) is 11.5. The van der Waals surface area contributed by atoms with Gasteiger partial charge in [0.15, 0.2) is 7.05 Å². The molecular formula is C11H19N2+. The lowest BCUT2D eigenvalue weighted by Crippen LogP contribution is -2.41. The molecule has 0 atom stereocenters. The van der Waals surface area contributed by atoms with E-state index in [0.717, 1.165) is 6.54 Å².